The van der Waals surface area contributed by atoms with Gasteiger partial charge in [-0.05, 0) is 47.8 Å². The van der Waals surface area contributed by atoms with Gasteiger partial charge in [0, 0.05) is 20.3 Å². The Bertz CT molecular complexity index is 322. The van der Waals surface area contributed by atoms with E-state index in [2.05, 4.69) is 55.0 Å². The van der Waals surface area contributed by atoms with Gasteiger partial charge in [0.05, 0.1) is 0 Å². The van der Waals surface area contributed by atoms with Crippen molar-refractivity contribution in [3.8, 4) is 0 Å². The monoisotopic (exact) mass is 303 g/mol. The number of thiophene rings is 1. The fraction of sp³-hybridized carbons (Fsp3) is 0.692. The van der Waals surface area contributed by atoms with Crippen LogP contribution in [0.2, 0.25) is 0 Å². The van der Waals surface area contributed by atoms with E-state index in [1.807, 2.05) is 11.3 Å². The SMILES string of the molecule is CCCNC(c1sc(C)cc1Br)C(C)CC. The lowest BCUT2D eigenvalue weighted by atomic mass is 9.97. The molecule has 3 heteroatoms. The summed E-state index contributed by atoms with van der Waals surface area (Å²) in [7, 11) is 0. The molecule has 2 unspecified atom stereocenters. The van der Waals surface area contributed by atoms with E-state index < -0.39 is 0 Å². The molecule has 1 nitrogen and oxygen atoms in total. The minimum atomic E-state index is 0.498. The molecule has 1 aromatic rings. The molecule has 16 heavy (non-hydrogen) atoms. The Balaban J connectivity index is 2.86. The van der Waals surface area contributed by atoms with E-state index in [1.165, 1.54) is 27.1 Å². The molecule has 0 bridgehead atoms. The summed E-state index contributed by atoms with van der Waals surface area (Å²) < 4.78 is 1.27. The van der Waals surface area contributed by atoms with Crippen molar-refractivity contribution in [3.05, 3.63) is 20.3 Å². The predicted molar refractivity (Wildman–Crippen MR) is 77.2 cm³/mol. The van der Waals surface area contributed by atoms with Crippen molar-refractivity contribution in [2.45, 2.75) is 46.6 Å². The second kappa shape index (κ2) is 6.77. The zero-order valence-corrected chi connectivity index (χ0v) is 13.0. The largest absolute Gasteiger partial charge is 0.309 e. The van der Waals surface area contributed by atoms with E-state index in [9.17, 15) is 0 Å². The van der Waals surface area contributed by atoms with E-state index in [1.54, 1.807) is 0 Å². The van der Waals surface area contributed by atoms with Crippen LogP contribution in [0, 0.1) is 12.8 Å². The van der Waals surface area contributed by atoms with Gasteiger partial charge in [-0.15, -0.1) is 11.3 Å². The lowest BCUT2D eigenvalue weighted by Gasteiger charge is -2.23. The first-order chi connectivity index (χ1) is 7.60. The Hall–Kier alpha value is 0.140. The average Bonchev–Trinajstić information content (AvgIpc) is 2.58. The number of rotatable bonds is 6. The van der Waals surface area contributed by atoms with Gasteiger partial charge in [0.1, 0.15) is 0 Å². The third-order valence-corrected chi connectivity index (χ3v) is 5.00. The first kappa shape index (κ1) is 14.2. The Morgan fingerprint density at radius 2 is 2.12 bits per heavy atom. The molecule has 0 radical (unpaired) electrons. The third-order valence-electron chi connectivity index (χ3n) is 2.95. The van der Waals surface area contributed by atoms with Crippen LogP contribution >= 0.6 is 27.3 Å². The van der Waals surface area contributed by atoms with Crippen molar-refractivity contribution < 1.29 is 0 Å². The maximum atomic E-state index is 3.68. The van der Waals surface area contributed by atoms with Gasteiger partial charge in [-0.25, -0.2) is 0 Å². The van der Waals surface area contributed by atoms with E-state index >= 15 is 0 Å². The second-order valence-electron chi connectivity index (χ2n) is 4.39. The van der Waals surface area contributed by atoms with Gasteiger partial charge < -0.3 is 5.32 Å². The van der Waals surface area contributed by atoms with Crippen molar-refractivity contribution >= 4 is 27.3 Å². The van der Waals surface area contributed by atoms with Crippen LogP contribution in [0.25, 0.3) is 0 Å². The van der Waals surface area contributed by atoms with Gasteiger partial charge in [0.15, 0.2) is 0 Å². The van der Waals surface area contributed by atoms with Gasteiger partial charge in [0.2, 0.25) is 0 Å². The molecule has 0 saturated carbocycles. The first-order valence-electron chi connectivity index (χ1n) is 6.09. The lowest BCUT2D eigenvalue weighted by Crippen LogP contribution is -2.27. The van der Waals surface area contributed by atoms with Gasteiger partial charge >= 0.3 is 0 Å². The number of hydrogen-bond donors (Lipinski definition) is 1. The third kappa shape index (κ3) is 3.57. The molecule has 1 aromatic heterocycles. The van der Waals surface area contributed by atoms with Crippen molar-refractivity contribution in [2.75, 3.05) is 6.54 Å². The van der Waals surface area contributed by atoms with E-state index in [0.717, 1.165) is 6.54 Å². The molecule has 0 fully saturated rings. The van der Waals surface area contributed by atoms with Crippen molar-refractivity contribution in [1.29, 1.82) is 0 Å². The molecular formula is C13H22BrNS. The van der Waals surface area contributed by atoms with E-state index in [-0.39, 0.29) is 0 Å². The number of nitrogens with one attached hydrogen (secondary N) is 1. The molecule has 1 rings (SSSR count). The smallest absolute Gasteiger partial charge is 0.0452 e. The standard InChI is InChI=1S/C13H22BrNS/c1-5-7-15-12(9(3)6-2)13-11(14)8-10(4)16-13/h8-9,12,15H,5-7H2,1-4H3. The molecule has 0 amide bonds. The Kier molecular flexibility index (Phi) is 6.01. The summed E-state index contributed by atoms with van der Waals surface area (Å²) in [5, 5.41) is 3.67. The summed E-state index contributed by atoms with van der Waals surface area (Å²) in [6.45, 7) is 10.1. The maximum absolute atomic E-state index is 3.68. The second-order valence-corrected chi connectivity index (χ2v) is 6.53. The molecule has 92 valence electrons. The van der Waals surface area contributed by atoms with Crippen molar-refractivity contribution in [1.82, 2.24) is 5.32 Å². The van der Waals surface area contributed by atoms with E-state index in [0.29, 0.717) is 12.0 Å². The van der Waals surface area contributed by atoms with Crippen LogP contribution in [0.5, 0.6) is 0 Å². The summed E-state index contributed by atoms with van der Waals surface area (Å²) in [5.41, 5.74) is 0. The van der Waals surface area contributed by atoms with Crippen LogP contribution in [-0.2, 0) is 0 Å². The van der Waals surface area contributed by atoms with Crippen LogP contribution < -0.4 is 5.32 Å². The van der Waals surface area contributed by atoms with Crippen LogP contribution in [-0.4, -0.2) is 6.54 Å². The van der Waals surface area contributed by atoms with Crippen LogP contribution in [0.3, 0.4) is 0 Å². The number of aryl methyl sites for hydroxylation is 1. The fourth-order valence-corrected chi connectivity index (χ4v) is 3.91. The van der Waals surface area contributed by atoms with E-state index in [4.69, 9.17) is 0 Å². The van der Waals surface area contributed by atoms with Gasteiger partial charge in [-0.1, -0.05) is 27.2 Å². The Labute approximate surface area is 112 Å². The normalized spacial score (nSPS) is 15.1. The Morgan fingerprint density at radius 3 is 2.56 bits per heavy atom. The summed E-state index contributed by atoms with van der Waals surface area (Å²) in [5.74, 6) is 0.681. The highest BCUT2D eigenvalue weighted by molar-refractivity contribution is 9.10. The highest BCUT2D eigenvalue weighted by Gasteiger charge is 2.21. The number of halogens is 1. The maximum Gasteiger partial charge on any atom is 0.0452 e. The molecule has 1 heterocycles. The molecule has 2 atom stereocenters. The average molecular weight is 304 g/mol. The minimum absolute atomic E-state index is 0.498. The highest BCUT2D eigenvalue weighted by Crippen LogP contribution is 2.36. The molecule has 0 saturated heterocycles. The molecule has 0 spiro atoms. The van der Waals surface area contributed by atoms with Crippen LogP contribution in [0.15, 0.2) is 10.5 Å². The molecule has 0 aromatic carbocycles. The fourth-order valence-electron chi connectivity index (χ4n) is 1.80. The van der Waals surface area contributed by atoms with Gasteiger partial charge in [-0.3, -0.25) is 0 Å². The lowest BCUT2D eigenvalue weighted by molar-refractivity contribution is 0.381. The van der Waals surface area contributed by atoms with Gasteiger partial charge in [-0.2, -0.15) is 0 Å². The van der Waals surface area contributed by atoms with Crippen LogP contribution in [0.4, 0.5) is 0 Å². The molecule has 0 aliphatic heterocycles. The zero-order chi connectivity index (χ0) is 12.1. The molecule has 0 aliphatic carbocycles. The summed E-state index contributed by atoms with van der Waals surface area (Å²) in [6.07, 6.45) is 2.40. The topological polar surface area (TPSA) is 12.0 Å². The summed E-state index contributed by atoms with van der Waals surface area (Å²) in [6, 6.07) is 2.72. The van der Waals surface area contributed by atoms with Crippen LogP contribution in [0.1, 0.15) is 49.4 Å². The molecular weight excluding hydrogens is 282 g/mol. The summed E-state index contributed by atoms with van der Waals surface area (Å²) in [4.78, 5) is 2.84. The predicted octanol–water partition coefficient (Wildman–Crippen LogP) is 4.91. The highest BCUT2D eigenvalue weighted by atomic mass is 79.9. The van der Waals surface area contributed by atoms with Crippen molar-refractivity contribution in [3.63, 3.8) is 0 Å². The molecule has 0 aliphatic rings. The zero-order valence-electron chi connectivity index (χ0n) is 10.6. The first-order valence-corrected chi connectivity index (χ1v) is 7.70. The Morgan fingerprint density at radius 1 is 1.44 bits per heavy atom. The molecule has 1 N–H and O–H groups in total. The summed E-state index contributed by atoms with van der Waals surface area (Å²) >= 11 is 5.58. The van der Waals surface area contributed by atoms with Crippen molar-refractivity contribution in [2.24, 2.45) is 5.92 Å². The minimum Gasteiger partial charge on any atom is -0.309 e. The number of hydrogen-bond acceptors (Lipinski definition) is 2. The quantitative estimate of drug-likeness (QED) is 0.787. The van der Waals surface area contributed by atoms with Gasteiger partial charge in [0.25, 0.3) is 0 Å².